The van der Waals surface area contributed by atoms with E-state index in [2.05, 4.69) is 9.46 Å². The number of nitriles is 1. The molecule has 0 bridgehead atoms. The van der Waals surface area contributed by atoms with Gasteiger partial charge in [0.2, 0.25) is 0 Å². The monoisotopic (exact) mass is 275 g/mol. The highest BCUT2D eigenvalue weighted by atomic mass is 32.2. The molecule has 0 saturated heterocycles. The maximum atomic E-state index is 11.7. The molecule has 18 heavy (non-hydrogen) atoms. The minimum atomic E-state index is -4.07. The number of carbonyl (C=O) groups excluding carboxylic acids is 1. The third-order valence-corrected chi connectivity index (χ3v) is 3.84. The van der Waals surface area contributed by atoms with Crippen LogP contribution in [0.2, 0.25) is 0 Å². The van der Waals surface area contributed by atoms with E-state index in [1.165, 1.54) is 0 Å². The molecular weight excluding hydrogens is 258 g/mol. The van der Waals surface area contributed by atoms with Gasteiger partial charge in [0, 0.05) is 0 Å². The highest BCUT2D eigenvalue weighted by Crippen LogP contribution is 2.27. The fourth-order valence-corrected chi connectivity index (χ4v) is 3.04. The van der Waals surface area contributed by atoms with Gasteiger partial charge in [-0.15, -0.1) is 0 Å². The average molecular weight is 275 g/mol. The summed E-state index contributed by atoms with van der Waals surface area (Å²) in [5, 5.41) is 9.12. The lowest BCUT2D eigenvalue weighted by molar-refractivity contribution is 0.158. The molecule has 0 aliphatic heterocycles. The highest BCUT2D eigenvalue weighted by Gasteiger charge is 2.36. The van der Waals surface area contributed by atoms with Crippen molar-refractivity contribution < 1.29 is 17.9 Å². The summed E-state index contributed by atoms with van der Waals surface area (Å²) in [6.07, 6.45) is 2.41. The highest BCUT2D eigenvalue weighted by molar-refractivity contribution is 7.88. The number of hydrogen-bond acceptors (Lipinski definition) is 5. The van der Waals surface area contributed by atoms with Crippen LogP contribution in [0.5, 0.6) is 0 Å². The maximum absolute atomic E-state index is 11.7. The van der Waals surface area contributed by atoms with Crippen LogP contribution in [0.15, 0.2) is 0 Å². The van der Waals surface area contributed by atoms with Gasteiger partial charge < -0.3 is 4.74 Å². The van der Waals surface area contributed by atoms with Crippen molar-refractivity contribution in [2.45, 2.75) is 44.6 Å². The molecule has 0 aromatic heterocycles. The van der Waals surface area contributed by atoms with E-state index in [1.54, 1.807) is 11.6 Å². The van der Waals surface area contributed by atoms with E-state index in [4.69, 9.17) is 5.26 Å². The van der Waals surface area contributed by atoms with Crippen molar-refractivity contribution in [1.82, 2.24) is 9.44 Å². The zero-order valence-electron chi connectivity index (χ0n) is 10.2. The van der Waals surface area contributed by atoms with Gasteiger partial charge in [0.15, 0.2) is 0 Å². The number of nitrogens with one attached hydrogen (secondary N) is 2. The van der Waals surface area contributed by atoms with Crippen molar-refractivity contribution in [3.05, 3.63) is 0 Å². The third kappa shape index (κ3) is 4.16. The Morgan fingerprint density at radius 3 is 2.50 bits per heavy atom. The van der Waals surface area contributed by atoms with Crippen LogP contribution in [0.25, 0.3) is 0 Å². The van der Waals surface area contributed by atoms with Crippen LogP contribution in [0.4, 0.5) is 4.79 Å². The van der Waals surface area contributed by atoms with Gasteiger partial charge in [0.05, 0.1) is 12.7 Å². The molecule has 1 aliphatic rings. The smallest absolute Gasteiger partial charge is 0.421 e. The Morgan fingerprint density at radius 2 is 2.00 bits per heavy atom. The van der Waals surface area contributed by atoms with E-state index >= 15 is 0 Å². The van der Waals surface area contributed by atoms with Crippen LogP contribution < -0.4 is 9.44 Å². The van der Waals surface area contributed by atoms with Gasteiger partial charge in [0.1, 0.15) is 5.54 Å². The van der Waals surface area contributed by atoms with Crippen molar-refractivity contribution in [2.24, 2.45) is 0 Å². The molecule has 0 radical (unpaired) electrons. The molecule has 0 heterocycles. The summed E-state index contributed by atoms with van der Waals surface area (Å²) >= 11 is 0. The molecule has 0 atom stereocenters. The molecule has 1 fully saturated rings. The number of rotatable bonds is 4. The Hall–Kier alpha value is -1.33. The largest absolute Gasteiger partial charge is 0.449 e. The lowest BCUT2D eigenvalue weighted by atomic mass is 9.84. The van der Waals surface area contributed by atoms with E-state index < -0.39 is 21.8 Å². The molecule has 0 spiro atoms. The summed E-state index contributed by atoms with van der Waals surface area (Å²) in [6.45, 7) is 1.64. The number of hydrogen-bond donors (Lipinski definition) is 2. The molecule has 0 aromatic carbocycles. The number of carbonyl (C=O) groups is 1. The first-order valence-corrected chi connectivity index (χ1v) is 7.31. The van der Waals surface area contributed by atoms with Crippen LogP contribution in [0.1, 0.15) is 39.0 Å². The zero-order valence-corrected chi connectivity index (χ0v) is 11.0. The molecule has 1 amide bonds. The summed E-state index contributed by atoms with van der Waals surface area (Å²) in [4.78, 5) is 11.1. The fourth-order valence-electron chi connectivity index (χ4n) is 1.95. The Kier molecular flexibility index (Phi) is 4.93. The second-order valence-corrected chi connectivity index (χ2v) is 5.60. The van der Waals surface area contributed by atoms with Gasteiger partial charge in [-0.2, -0.15) is 18.4 Å². The molecule has 0 aromatic rings. The summed E-state index contributed by atoms with van der Waals surface area (Å²) < 4.78 is 31.8. The summed E-state index contributed by atoms with van der Waals surface area (Å²) in [6, 6.07) is 2.00. The normalized spacial score (nSPS) is 18.7. The second kappa shape index (κ2) is 6.02. The summed E-state index contributed by atoms with van der Waals surface area (Å²) in [5.41, 5.74) is -1.11. The molecule has 7 nitrogen and oxygen atoms in total. The average Bonchev–Trinajstić information content (AvgIpc) is 2.29. The minimum absolute atomic E-state index is 0.0742. The lowest BCUT2D eigenvalue weighted by Crippen LogP contribution is -2.53. The molecule has 8 heteroatoms. The minimum Gasteiger partial charge on any atom is -0.449 e. The third-order valence-electron chi connectivity index (χ3n) is 2.74. The van der Waals surface area contributed by atoms with Crippen LogP contribution in [-0.2, 0) is 14.9 Å². The molecule has 1 rings (SSSR count). The van der Waals surface area contributed by atoms with E-state index in [1.807, 2.05) is 6.07 Å². The van der Waals surface area contributed by atoms with Crippen molar-refractivity contribution in [2.75, 3.05) is 6.61 Å². The first-order chi connectivity index (χ1) is 8.43. The van der Waals surface area contributed by atoms with Gasteiger partial charge in [-0.3, -0.25) is 0 Å². The van der Waals surface area contributed by atoms with E-state index in [0.717, 1.165) is 19.3 Å². The van der Waals surface area contributed by atoms with Gasteiger partial charge in [0.25, 0.3) is 0 Å². The zero-order chi connectivity index (χ0) is 13.6. The molecular formula is C10H17N3O4S. The predicted octanol–water partition coefficient (Wildman–Crippen LogP) is 0.793. The van der Waals surface area contributed by atoms with Crippen LogP contribution in [0.3, 0.4) is 0 Å². The van der Waals surface area contributed by atoms with Gasteiger partial charge >= 0.3 is 16.3 Å². The van der Waals surface area contributed by atoms with Gasteiger partial charge in [-0.25, -0.2) is 9.52 Å². The van der Waals surface area contributed by atoms with Crippen molar-refractivity contribution >= 4 is 16.3 Å². The molecule has 2 N–H and O–H groups in total. The first kappa shape index (κ1) is 14.7. The van der Waals surface area contributed by atoms with Crippen molar-refractivity contribution in [1.29, 1.82) is 5.26 Å². The maximum Gasteiger partial charge on any atom is 0.421 e. The molecule has 1 aliphatic carbocycles. The summed E-state index contributed by atoms with van der Waals surface area (Å²) in [7, 11) is -4.07. The Morgan fingerprint density at radius 1 is 1.39 bits per heavy atom. The van der Waals surface area contributed by atoms with Crippen molar-refractivity contribution in [3.8, 4) is 6.07 Å². The molecule has 1 saturated carbocycles. The topological polar surface area (TPSA) is 108 Å². The number of nitrogens with zero attached hydrogens (tertiary/aromatic N) is 1. The molecule has 102 valence electrons. The van der Waals surface area contributed by atoms with E-state index in [0.29, 0.717) is 12.8 Å². The Labute approximate surface area is 107 Å². The van der Waals surface area contributed by atoms with Gasteiger partial charge in [-0.1, -0.05) is 19.3 Å². The van der Waals surface area contributed by atoms with Crippen LogP contribution in [-0.4, -0.2) is 26.7 Å². The SMILES string of the molecule is CCOC(=O)NS(=O)(=O)NC1(C#N)CCCCC1. The Bertz CT molecular complexity index is 435. The second-order valence-electron chi connectivity index (χ2n) is 4.18. The Balaban J connectivity index is 2.69. The van der Waals surface area contributed by atoms with Crippen molar-refractivity contribution in [3.63, 3.8) is 0 Å². The number of ether oxygens (including phenoxy) is 1. The molecule has 0 unspecified atom stereocenters. The summed E-state index contributed by atoms with van der Waals surface area (Å²) in [5.74, 6) is 0. The fraction of sp³-hybridized carbons (Fsp3) is 0.800. The van der Waals surface area contributed by atoms with Crippen LogP contribution >= 0.6 is 0 Å². The standard InChI is InChI=1S/C10H17N3O4S/c1-2-17-9(14)12-18(15,16)13-10(8-11)6-4-3-5-7-10/h13H,2-7H2,1H3,(H,12,14). The van der Waals surface area contributed by atoms with E-state index in [9.17, 15) is 13.2 Å². The first-order valence-electron chi connectivity index (χ1n) is 5.83. The predicted molar refractivity (Wildman–Crippen MR) is 63.6 cm³/mol. The number of amides is 1. The lowest BCUT2D eigenvalue weighted by Gasteiger charge is -2.30. The van der Waals surface area contributed by atoms with E-state index in [-0.39, 0.29) is 6.61 Å². The van der Waals surface area contributed by atoms with Gasteiger partial charge in [-0.05, 0) is 19.8 Å². The quantitative estimate of drug-likeness (QED) is 0.788. The van der Waals surface area contributed by atoms with Crippen LogP contribution in [0, 0.1) is 11.3 Å².